The molecule has 0 spiro atoms. The molecule has 1 aromatic heterocycles. The van der Waals surface area contributed by atoms with E-state index in [-0.39, 0.29) is 0 Å². The number of carbonyl (C=O) groups is 4. The maximum Gasteiger partial charge on any atom is 0.256 e. The fourth-order valence-electron chi connectivity index (χ4n) is 5.05. The molecule has 0 aliphatic rings. The van der Waals surface area contributed by atoms with Gasteiger partial charge in [0.25, 0.3) is 11.8 Å². The Kier molecular flexibility index (Phi) is 10.8. The second kappa shape index (κ2) is 15.2. The molecule has 4 atom stereocenters. The van der Waals surface area contributed by atoms with Gasteiger partial charge in [0.2, 0.25) is 17.7 Å². The van der Waals surface area contributed by atoms with Crippen LogP contribution in [0.5, 0.6) is 0 Å². The van der Waals surface area contributed by atoms with Crippen LogP contribution in [0, 0.1) is 0 Å². The van der Waals surface area contributed by atoms with Gasteiger partial charge in [0.15, 0.2) is 17.0 Å². The minimum Gasteiger partial charge on any atom is -0.436 e. The fourth-order valence-corrected chi connectivity index (χ4v) is 5.05. The van der Waals surface area contributed by atoms with Crippen molar-refractivity contribution in [2.24, 2.45) is 0 Å². The van der Waals surface area contributed by atoms with Gasteiger partial charge in [0, 0.05) is 22.5 Å². The molecule has 12 nitrogen and oxygen atoms in total. The first kappa shape index (κ1) is 36.2. The van der Waals surface area contributed by atoms with Crippen molar-refractivity contribution in [2.75, 3.05) is 10.6 Å². The second-order valence-corrected chi connectivity index (χ2v) is 12.4. The molecule has 0 fully saturated rings. The SMILES string of the molecule is C[C@H](NC(=O)C(C)(O)c1ccccc1)C(=O)Nc1ccc(-c2cnc(-c3ccc(NC(=O)[C@H](C)NC(=O)C(C)(O)c4ccccc4)cc3)o2)cc1. The zero-order chi connectivity index (χ0) is 36.8. The Hall–Kier alpha value is -6.11. The summed E-state index contributed by atoms with van der Waals surface area (Å²) in [5, 5.41) is 32.1. The predicted molar refractivity (Wildman–Crippen MR) is 192 cm³/mol. The Labute approximate surface area is 294 Å². The van der Waals surface area contributed by atoms with Crippen molar-refractivity contribution in [1.29, 1.82) is 0 Å². The standard InChI is InChI=1S/C39H39N5O7/c1-24(41-36(47)38(3,49)28-11-7-5-8-12-28)33(45)43-30-19-15-26(16-20-30)32-23-40-35(51-32)27-17-21-31(22-18-27)44-34(46)25(2)42-37(48)39(4,50)29-13-9-6-10-14-29/h5-25,49-50H,1-4H3,(H,41,47)(H,42,48)(H,43,45)(H,44,46)/t24-,25-,38?,39?/m0/s1. The van der Waals surface area contributed by atoms with E-state index in [2.05, 4.69) is 26.3 Å². The number of nitrogens with one attached hydrogen (secondary N) is 4. The first-order chi connectivity index (χ1) is 24.3. The van der Waals surface area contributed by atoms with Gasteiger partial charge in [-0.05, 0) is 87.4 Å². The molecule has 5 rings (SSSR count). The molecule has 1 heterocycles. The van der Waals surface area contributed by atoms with Crippen LogP contribution in [0.15, 0.2) is 120 Å². The maximum absolute atomic E-state index is 12.8. The lowest BCUT2D eigenvalue weighted by Crippen LogP contribution is -2.49. The van der Waals surface area contributed by atoms with E-state index < -0.39 is 46.9 Å². The quantitative estimate of drug-likeness (QED) is 0.109. The van der Waals surface area contributed by atoms with Gasteiger partial charge in [-0.2, -0.15) is 0 Å². The van der Waals surface area contributed by atoms with Crippen LogP contribution < -0.4 is 21.3 Å². The smallest absolute Gasteiger partial charge is 0.256 e. The Morgan fingerprint density at radius 1 is 0.608 bits per heavy atom. The van der Waals surface area contributed by atoms with Gasteiger partial charge in [0.05, 0.1) is 6.20 Å². The summed E-state index contributed by atoms with van der Waals surface area (Å²) in [4.78, 5) is 55.4. The van der Waals surface area contributed by atoms with Crippen LogP contribution >= 0.6 is 0 Å². The molecular formula is C39H39N5O7. The number of hydrogen-bond acceptors (Lipinski definition) is 8. The molecule has 0 saturated carbocycles. The van der Waals surface area contributed by atoms with Crippen LogP contribution in [0.1, 0.15) is 38.8 Å². The largest absolute Gasteiger partial charge is 0.436 e. The van der Waals surface area contributed by atoms with Crippen LogP contribution in [0.3, 0.4) is 0 Å². The number of hydrogen-bond donors (Lipinski definition) is 6. The summed E-state index contributed by atoms with van der Waals surface area (Å²) in [5.41, 5.74) is -0.454. The number of anilines is 2. The number of oxazole rings is 1. The topological polar surface area (TPSA) is 183 Å². The average Bonchev–Trinajstić information content (AvgIpc) is 3.63. The highest BCUT2D eigenvalue weighted by Gasteiger charge is 2.35. The molecule has 12 heteroatoms. The highest BCUT2D eigenvalue weighted by molar-refractivity contribution is 5.99. The summed E-state index contributed by atoms with van der Waals surface area (Å²) in [6.07, 6.45) is 1.57. The number of aliphatic hydroxyl groups is 2. The maximum atomic E-state index is 12.8. The van der Waals surface area contributed by atoms with E-state index >= 15 is 0 Å². The minimum absolute atomic E-state index is 0.347. The van der Waals surface area contributed by atoms with E-state index in [1.54, 1.807) is 115 Å². The highest BCUT2D eigenvalue weighted by atomic mass is 16.4. The van der Waals surface area contributed by atoms with Crippen molar-refractivity contribution in [3.63, 3.8) is 0 Å². The molecule has 0 aliphatic heterocycles. The fraction of sp³-hybridized carbons (Fsp3) is 0.205. The summed E-state index contributed by atoms with van der Waals surface area (Å²) in [6, 6.07) is 28.8. The van der Waals surface area contributed by atoms with Crippen LogP contribution in [-0.2, 0) is 30.4 Å². The van der Waals surface area contributed by atoms with Crippen molar-refractivity contribution < 1.29 is 33.8 Å². The van der Waals surface area contributed by atoms with E-state index in [0.717, 1.165) is 0 Å². The van der Waals surface area contributed by atoms with Crippen LogP contribution in [-0.4, -0.2) is 50.9 Å². The monoisotopic (exact) mass is 689 g/mol. The third-order valence-corrected chi connectivity index (χ3v) is 8.38. The van der Waals surface area contributed by atoms with Crippen molar-refractivity contribution >= 4 is 35.0 Å². The van der Waals surface area contributed by atoms with Crippen LogP contribution in [0.2, 0.25) is 0 Å². The number of rotatable bonds is 12. The number of amides is 4. The van der Waals surface area contributed by atoms with Gasteiger partial charge >= 0.3 is 0 Å². The lowest BCUT2D eigenvalue weighted by atomic mass is 9.95. The van der Waals surface area contributed by atoms with E-state index in [4.69, 9.17) is 4.42 Å². The van der Waals surface area contributed by atoms with E-state index in [9.17, 15) is 29.4 Å². The minimum atomic E-state index is -1.81. The predicted octanol–water partition coefficient (Wildman–Crippen LogP) is 4.71. The van der Waals surface area contributed by atoms with Crippen molar-refractivity contribution in [3.05, 3.63) is 127 Å². The summed E-state index contributed by atoms with van der Waals surface area (Å²) < 4.78 is 5.97. The van der Waals surface area contributed by atoms with E-state index in [1.807, 2.05) is 0 Å². The first-order valence-corrected chi connectivity index (χ1v) is 16.2. The lowest BCUT2D eigenvalue weighted by molar-refractivity contribution is -0.141. The number of nitrogens with zero attached hydrogens (tertiary/aromatic N) is 1. The van der Waals surface area contributed by atoms with Gasteiger partial charge in [-0.25, -0.2) is 4.98 Å². The van der Waals surface area contributed by atoms with Crippen molar-refractivity contribution in [2.45, 2.75) is 51.0 Å². The normalized spacial score (nSPS) is 14.5. The molecule has 0 radical (unpaired) electrons. The van der Waals surface area contributed by atoms with Gasteiger partial charge < -0.3 is 35.9 Å². The molecule has 4 amide bonds. The Morgan fingerprint density at radius 2 is 1.00 bits per heavy atom. The zero-order valence-electron chi connectivity index (χ0n) is 28.5. The van der Waals surface area contributed by atoms with Gasteiger partial charge in [-0.3, -0.25) is 19.2 Å². The van der Waals surface area contributed by atoms with Crippen LogP contribution in [0.25, 0.3) is 22.8 Å². The van der Waals surface area contributed by atoms with Gasteiger partial charge in [-0.15, -0.1) is 0 Å². The number of carbonyl (C=O) groups excluding carboxylic acids is 4. The third kappa shape index (κ3) is 8.55. The lowest BCUT2D eigenvalue weighted by Gasteiger charge is -2.25. The van der Waals surface area contributed by atoms with E-state index in [0.29, 0.717) is 45.3 Å². The third-order valence-electron chi connectivity index (χ3n) is 8.38. The summed E-state index contributed by atoms with van der Waals surface area (Å²) in [6.45, 7) is 5.80. The number of benzene rings is 4. The Bertz CT molecular complexity index is 1850. The van der Waals surface area contributed by atoms with Crippen LogP contribution in [0.4, 0.5) is 11.4 Å². The summed E-state index contributed by atoms with van der Waals surface area (Å²) in [5.74, 6) is -1.49. The second-order valence-electron chi connectivity index (χ2n) is 12.4. The van der Waals surface area contributed by atoms with Crippen molar-refractivity contribution in [3.8, 4) is 22.8 Å². The Morgan fingerprint density at radius 3 is 1.41 bits per heavy atom. The van der Waals surface area contributed by atoms with E-state index in [1.165, 1.54) is 27.7 Å². The number of aromatic nitrogens is 1. The molecule has 0 bridgehead atoms. The molecule has 5 aromatic rings. The Balaban J connectivity index is 1.13. The molecule has 0 aliphatic carbocycles. The first-order valence-electron chi connectivity index (χ1n) is 16.2. The molecule has 2 unspecified atom stereocenters. The van der Waals surface area contributed by atoms with Crippen molar-refractivity contribution in [1.82, 2.24) is 15.6 Å². The molecule has 262 valence electrons. The molecule has 51 heavy (non-hydrogen) atoms. The summed E-state index contributed by atoms with van der Waals surface area (Å²) >= 11 is 0. The highest BCUT2D eigenvalue weighted by Crippen LogP contribution is 2.28. The average molecular weight is 690 g/mol. The molecular weight excluding hydrogens is 650 g/mol. The molecule has 6 N–H and O–H groups in total. The molecule has 0 saturated heterocycles. The molecule has 4 aromatic carbocycles. The van der Waals surface area contributed by atoms with Gasteiger partial charge in [-0.1, -0.05) is 60.7 Å². The summed E-state index contributed by atoms with van der Waals surface area (Å²) in [7, 11) is 0. The van der Waals surface area contributed by atoms with Gasteiger partial charge in [0.1, 0.15) is 12.1 Å². The zero-order valence-corrected chi connectivity index (χ0v) is 28.5.